The normalized spacial score (nSPS) is 21.4. The molecule has 7 amide bonds. The van der Waals surface area contributed by atoms with Crippen LogP contribution in [0.2, 0.25) is 0 Å². The number of fused-ring (bicyclic) bond motifs is 1. The molecule has 1 aromatic heterocycles. The van der Waals surface area contributed by atoms with Gasteiger partial charge in [-0.2, -0.15) is 0 Å². The number of nitrogens with one attached hydrogen (secondary N) is 2. The third-order valence-corrected chi connectivity index (χ3v) is 13.3. The molecule has 17 nitrogen and oxygen atoms in total. The molecule has 62 heavy (non-hydrogen) atoms. The van der Waals surface area contributed by atoms with Crippen molar-refractivity contribution in [3.63, 3.8) is 0 Å². The van der Waals surface area contributed by atoms with Gasteiger partial charge in [0, 0.05) is 77.1 Å². The van der Waals surface area contributed by atoms with Crippen LogP contribution in [0.4, 0.5) is 22.1 Å². The highest BCUT2D eigenvalue weighted by molar-refractivity contribution is 6.05. The number of benzene rings is 2. The zero-order valence-corrected chi connectivity index (χ0v) is 35.6. The minimum Gasteiger partial charge on any atom is -0.381 e. The van der Waals surface area contributed by atoms with Crippen molar-refractivity contribution in [2.45, 2.75) is 88.8 Å². The van der Waals surface area contributed by atoms with Crippen LogP contribution in [0.1, 0.15) is 95.8 Å². The molecule has 8 rings (SSSR count). The van der Waals surface area contributed by atoms with Crippen molar-refractivity contribution >= 4 is 52.9 Å². The van der Waals surface area contributed by atoms with Gasteiger partial charge in [-0.1, -0.05) is 31.2 Å². The first-order valence-electron chi connectivity index (χ1n) is 21.8. The van der Waals surface area contributed by atoms with E-state index in [1.54, 1.807) is 16.0 Å². The Kier molecular flexibility index (Phi) is 12.4. The number of primary amides is 1. The van der Waals surface area contributed by atoms with Gasteiger partial charge >= 0.3 is 6.03 Å². The van der Waals surface area contributed by atoms with Crippen molar-refractivity contribution in [1.82, 2.24) is 34.9 Å². The molecule has 6 heterocycles. The first kappa shape index (κ1) is 42.6. The third-order valence-electron chi connectivity index (χ3n) is 13.3. The number of aromatic nitrogens is 2. The van der Waals surface area contributed by atoms with Crippen LogP contribution in [0.3, 0.4) is 0 Å². The van der Waals surface area contributed by atoms with Crippen LogP contribution in [0.25, 0.3) is 0 Å². The number of piperidine rings is 3. The number of likely N-dealkylation sites (tertiary alicyclic amines) is 1. The van der Waals surface area contributed by atoms with Gasteiger partial charge in [-0.15, -0.1) is 0 Å². The van der Waals surface area contributed by atoms with Crippen LogP contribution < -0.4 is 21.3 Å². The number of anilines is 3. The zero-order valence-electron chi connectivity index (χ0n) is 35.6. The molecule has 1 unspecified atom stereocenters. The fourth-order valence-electron chi connectivity index (χ4n) is 9.41. The lowest BCUT2D eigenvalue weighted by Gasteiger charge is -2.40. The van der Waals surface area contributed by atoms with Crippen molar-refractivity contribution < 1.29 is 33.5 Å². The average molecular weight is 849 g/mol. The molecule has 3 aromatic rings. The monoisotopic (exact) mass is 848 g/mol. The summed E-state index contributed by atoms with van der Waals surface area (Å²) in [6, 6.07) is 13.4. The van der Waals surface area contributed by atoms with E-state index in [0.29, 0.717) is 76.6 Å². The molecule has 0 radical (unpaired) electrons. The minimum atomic E-state index is -0.681. The van der Waals surface area contributed by atoms with E-state index in [-0.39, 0.29) is 53.1 Å². The van der Waals surface area contributed by atoms with E-state index in [1.807, 2.05) is 47.2 Å². The van der Waals surface area contributed by atoms with Crippen molar-refractivity contribution in [2.75, 3.05) is 69.7 Å². The number of ether oxygens (including phenoxy) is 1. The molecular weight excluding hydrogens is 793 g/mol. The van der Waals surface area contributed by atoms with Gasteiger partial charge in [0.15, 0.2) is 11.5 Å². The Morgan fingerprint density at radius 3 is 2.48 bits per heavy atom. The highest BCUT2D eigenvalue weighted by atomic mass is 16.5. The van der Waals surface area contributed by atoms with E-state index in [9.17, 15) is 28.8 Å². The Balaban J connectivity index is 0.772. The van der Waals surface area contributed by atoms with Crippen molar-refractivity contribution in [1.29, 1.82) is 0 Å². The first-order valence-corrected chi connectivity index (χ1v) is 21.8. The Morgan fingerprint density at radius 2 is 1.76 bits per heavy atom. The highest BCUT2D eigenvalue weighted by Gasteiger charge is 2.40. The Bertz CT molecular complexity index is 2230. The molecule has 4 N–H and O–H groups in total. The van der Waals surface area contributed by atoms with Crippen molar-refractivity contribution in [2.24, 2.45) is 5.73 Å². The summed E-state index contributed by atoms with van der Waals surface area (Å²) < 4.78 is 5.85. The van der Waals surface area contributed by atoms with Crippen LogP contribution >= 0.6 is 0 Å². The number of nitrogens with two attached hydrogens (primary N) is 1. The molecule has 4 saturated heterocycles. The summed E-state index contributed by atoms with van der Waals surface area (Å²) in [4.78, 5) is 93.7. The second kappa shape index (κ2) is 18.1. The molecule has 5 aliphatic rings. The summed E-state index contributed by atoms with van der Waals surface area (Å²) >= 11 is 0. The number of amides is 7. The molecule has 2 aromatic carbocycles. The fourth-order valence-corrected chi connectivity index (χ4v) is 9.41. The minimum absolute atomic E-state index is 0.0497. The molecule has 0 saturated carbocycles. The van der Waals surface area contributed by atoms with Crippen LogP contribution in [0.5, 0.6) is 0 Å². The maximum Gasteiger partial charge on any atom is 0.320 e. The van der Waals surface area contributed by atoms with E-state index in [1.165, 1.54) is 0 Å². The molecule has 0 bridgehead atoms. The predicted molar refractivity (Wildman–Crippen MR) is 230 cm³/mol. The van der Waals surface area contributed by atoms with Gasteiger partial charge in [0.2, 0.25) is 17.7 Å². The molecule has 5 aliphatic heterocycles. The Morgan fingerprint density at radius 1 is 0.968 bits per heavy atom. The number of aryl methyl sites for hydroxylation is 1. The lowest BCUT2D eigenvalue weighted by atomic mass is 9.74. The molecule has 4 fully saturated rings. The molecule has 2 atom stereocenters. The average Bonchev–Trinajstić information content (AvgIpc) is 3.78. The van der Waals surface area contributed by atoms with Crippen LogP contribution in [-0.2, 0) is 37.5 Å². The van der Waals surface area contributed by atoms with E-state index in [0.717, 1.165) is 67.6 Å². The summed E-state index contributed by atoms with van der Waals surface area (Å²) in [5, 5.41) is 5.61. The molecule has 328 valence electrons. The van der Waals surface area contributed by atoms with Gasteiger partial charge in [0.1, 0.15) is 11.9 Å². The fraction of sp³-hybridized carbons (Fsp3) is 0.511. The van der Waals surface area contributed by atoms with Gasteiger partial charge in [-0.3, -0.25) is 29.3 Å². The SMILES string of the molecule is CN1CCN([C@@H]2CCCN(c3cnc(C(N)=O)c(Nc4ccc(C5(C)CCN(C(=O)CCOCCCc6ccc7c(c6)C(=O)N(C6CCC(=O)NC6=O)C7)CC5)cc4)n3)C2)C1=O. The Hall–Kier alpha value is -6.10. The van der Waals surface area contributed by atoms with Crippen LogP contribution in [0, 0.1) is 0 Å². The molecular formula is C45H56N10O7. The zero-order chi connectivity index (χ0) is 43.5. The van der Waals surface area contributed by atoms with Gasteiger partial charge in [0.25, 0.3) is 11.8 Å². The number of nitrogens with zero attached hydrogens (tertiary/aromatic N) is 7. The van der Waals surface area contributed by atoms with E-state index in [2.05, 4.69) is 39.6 Å². The molecule has 0 aliphatic carbocycles. The van der Waals surface area contributed by atoms with Gasteiger partial charge in [-0.25, -0.2) is 14.8 Å². The largest absolute Gasteiger partial charge is 0.381 e. The standard InChI is InChI=1S/C45H56N10O7/c1-45(31-9-11-32(12-10-31)48-41-39(40(46)58)47-26-36(49-41)53-18-3-6-33(28-53)54-22-21-51(2)44(54)61)16-19-52(20-17-45)38(57)15-24-62-23-4-5-29-7-8-30-27-55(43(60)34(30)25-29)35-13-14-37(56)50-42(35)59/h7-12,25-26,33,35H,3-6,13-24,27-28H2,1-2H3,(H2,46,58)(H,48,49)(H,50,56,59)/t33-,35?/m1/s1. The second-order valence-corrected chi connectivity index (χ2v) is 17.4. The summed E-state index contributed by atoms with van der Waals surface area (Å²) in [6.07, 6.45) is 7.36. The second-order valence-electron chi connectivity index (χ2n) is 17.4. The molecule has 0 spiro atoms. The van der Waals surface area contributed by atoms with E-state index in [4.69, 9.17) is 15.5 Å². The number of carbonyl (C=O) groups is 6. The van der Waals surface area contributed by atoms with Gasteiger partial charge < -0.3 is 40.3 Å². The van der Waals surface area contributed by atoms with Crippen LogP contribution in [-0.4, -0.2) is 137 Å². The van der Waals surface area contributed by atoms with Gasteiger partial charge in [0.05, 0.1) is 25.3 Å². The topological polar surface area (TPSA) is 204 Å². The first-order chi connectivity index (χ1) is 29.9. The highest BCUT2D eigenvalue weighted by Crippen LogP contribution is 2.36. The lowest BCUT2D eigenvalue weighted by molar-refractivity contribution is -0.137. The van der Waals surface area contributed by atoms with Gasteiger partial charge in [-0.05, 0) is 85.3 Å². The maximum atomic E-state index is 13.2. The molecule has 17 heteroatoms. The predicted octanol–water partition coefficient (Wildman–Crippen LogP) is 3.34. The van der Waals surface area contributed by atoms with E-state index < -0.39 is 17.9 Å². The number of rotatable bonds is 14. The summed E-state index contributed by atoms with van der Waals surface area (Å²) in [5.74, 6) is -0.603. The number of likely N-dealkylation sites (N-methyl/N-ethyl adjacent to an activating group) is 1. The summed E-state index contributed by atoms with van der Waals surface area (Å²) in [7, 11) is 1.82. The summed E-state index contributed by atoms with van der Waals surface area (Å²) in [6.45, 7) is 7.55. The quantitative estimate of drug-likeness (QED) is 0.159. The van der Waals surface area contributed by atoms with Crippen molar-refractivity contribution in [3.05, 3.63) is 76.6 Å². The third kappa shape index (κ3) is 9.08. The number of hydrogen-bond acceptors (Lipinski definition) is 11. The number of imide groups is 1. The van der Waals surface area contributed by atoms with Crippen LogP contribution in [0.15, 0.2) is 48.7 Å². The number of hydrogen-bond donors (Lipinski definition) is 3. The maximum absolute atomic E-state index is 13.2. The van der Waals surface area contributed by atoms with Crippen molar-refractivity contribution in [3.8, 4) is 0 Å². The smallest absolute Gasteiger partial charge is 0.320 e. The summed E-state index contributed by atoms with van der Waals surface area (Å²) in [5.41, 5.74) is 10.0. The number of carbonyl (C=O) groups excluding carboxylic acids is 6. The lowest BCUT2D eigenvalue weighted by Crippen LogP contribution is -2.52. The van der Waals surface area contributed by atoms with E-state index >= 15 is 0 Å². The number of urea groups is 1. The Labute approximate surface area is 361 Å².